The summed E-state index contributed by atoms with van der Waals surface area (Å²) in [6.45, 7) is 4.06. The summed E-state index contributed by atoms with van der Waals surface area (Å²) in [5.74, 6) is 0.0446. The van der Waals surface area contributed by atoms with E-state index in [4.69, 9.17) is 0 Å². The summed E-state index contributed by atoms with van der Waals surface area (Å²) < 4.78 is 1.06. The summed E-state index contributed by atoms with van der Waals surface area (Å²) in [6.07, 6.45) is 3.51. The molecule has 0 amide bonds. The smallest absolute Gasteiger partial charge is 0.211 e. The molecule has 0 atom stereocenters. The van der Waals surface area contributed by atoms with Crippen molar-refractivity contribution >= 4 is 21.7 Å². The van der Waals surface area contributed by atoms with Crippen LogP contribution in [0.2, 0.25) is 0 Å². The van der Waals surface area contributed by atoms with Gasteiger partial charge in [0.15, 0.2) is 0 Å². The zero-order valence-electron chi connectivity index (χ0n) is 11.0. The minimum atomic E-state index is 0.0446. The van der Waals surface area contributed by atoms with Crippen LogP contribution in [0.1, 0.15) is 38.3 Å². The maximum Gasteiger partial charge on any atom is 0.211 e. The zero-order chi connectivity index (χ0) is 13.6. The van der Waals surface area contributed by atoms with E-state index in [0.29, 0.717) is 5.69 Å². The number of carbonyl (C=O) groups excluding carboxylic acids is 1. The first kappa shape index (κ1) is 12.5. The highest BCUT2D eigenvalue weighted by molar-refractivity contribution is 9.10. The maximum atomic E-state index is 12.6. The van der Waals surface area contributed by atoms with Gasteiger partial charge in [0.2, 0.25) is 5.78 Å². The third kappa shape index (κ3) is 2.02. The standard InChI is InChI=1S/C16H14BrNO/c1-9-7-11-4-6-12-13(5-3-10(2)14(12)17)16(19)15(11)18-8-9/h3,5,7-8H,4,6H2,1-2H3. The molecule has 96 valence electrons. The first-order chi connectivity index (χ1) is 9.08. The van der Waals surface area contributed by atoms with Gasteiger partial charge in [-0.25, -0.2) is 0 Å². The Balaban J connectivity index is 2.22. The van der Waals surface area contributed by atoms with Gasteiger partial charge < -0.3 is 0 Å². The molecule has 0 bridgehead atoms. The molecule has 0 N–H and O–H groups in total. The summed E-state index contributed by atoms with van der Waals surface area (Å²) in [7, 11) is 0. The number of fused-ring (bicyclic) bond motifs is 2. The molecule has 1 heterocycles. The molecule has 0 fully saturated rings. The first-order valence-electron chi connectivity index (χ1n) is 6.36. The molecule has 1 aromatic carbocycles. The quantitative estimate of drug-likeness (QED) is 0.740. The van der Waals surface area contributed by atoms with Crippen LogP contribution in [-0.2, 0) is 12.8 Å². The number of pyridine rings is 1. The topological polar surface area (TPSA) is 30.0 Å². The first-order valence-corrected chi connectivity index (χ1v) is 7.15. The number of rotatable bonds is 0. The van der Waals surface area contributed by atoms with Gasteiger partial charge in [-0.1, -0.05) is 34.1 Å². The SMILES string of the molecule is Cc1cnc2c(c1)CCc1c(ccc(C)c1Br)C2=O. The number of ketones is 1. The molecule has 1 aliphatic rings. The van der Waals surface area contributed by atoms with Crippen molar-refractivity contribution in [2.24, 2.45) is 0 Å². The van der Waals surface area contributed by atoms with Crippen molar-refractivity contribution in [2.75, 3.05) is 0 Å². The Kier molecular flexibility index (Phi) is 3.02. The van der Waals surface area contributed by atoms with E-state index in [-0.39, 0.29) is 5.78 Å². The Hall–Kier alpha value is -1.48. The second kappa shape index (κ2) is 4.57. The Morgan fingerprint density at radius 3 is 2.79 bits per heavy atom. The summed E-state index contributed by atoms with van der Waals surface area (Å²) in [5.41, 5.74) is 5.84. The predicted octanol–water partition coefficient (Wildman–Crippen LogP) is 3.79. The average molecular weight is 316 g/mol. The van der Waals surface area contributed by atoms with Gasteiger partial charge in [-0.2, -0.15) is 0 Å². The van der Waals surface area contributed by atoms with E-state index in [1.165, 1.54) is 5.56 Å². The lowest BCUT2D eigenvalue weighted by molar-refractivity contribution is 0.103. The number of benzene rings is 1. The van der Waals surface area contributed by atoms with Gasteiger partial charge in [0, 0.05) is 16.2 Å². The maximum absolute atomic E-state index is 12.6. The normalized spacial score (nSPS) is 13.7. The second-order valence-corrected chi connectivity index (χ2v) is 5.87. The fourth-order valence-electron chi connectivity index (χ4n) is 2.61. The lowest BCUT2D eigenvalue weighted by atomic mass is 9.99. The van der Waals surface area contributed by atoms with Crippen molar-refractivity contribution in [3.63, 3.8) is 0 Å². The van der Waals surface area contributed by atoms with Crippen molar-refractivity contribution in [3.05, 3.63) is 62.4 Å². The minimum absolute atomic E-state index is 0.0446. The molecule has 3 rings (SSSR count). The van der Waals surface area contributed by atoms with Crippen LogP contribution in [0, 0.1) is 13.8 Å². The summed E-state index contributed by atoms with van der Waals surface area (Å²) in [6, 6.07) is 5.99. The monoisotopic (exact) mass is 315 g/mol. The molecular weight excluding hydrogens is 302 g/mol. The molecule has 2 aromatic rings. The van der Waals surface area contributed by atoms with Crippen LogP contribution in [0.25, 0.3) is 0 Å². The fourth-order valence-corrected chi connectivity index (χ4v) is 3.15. The van der Waals surface area contributed by atoms with E-state index >= 15 is 0 Å². The van der Waals surface area contributed by atoms with Crippen LogP contribution in [-0.4, -0.2) is 10.8 Å². The van der Waals surface area contributed by atoms with E-state index in [1.807, 2.05) is 19.1 Å². The van der Waals surface area contributed by atoms with Crippen molar-refractivity contribution in [3.8, 4) is 0 Å². The molecular formula is C16H14BrNO. The molecule has 0 aliphatic heterocycles. The van der Waals surface area contributed by atoms with Crippen molar-refractivity contribution in [2.45, 2.75) is 26.7 Å². The number of aryl methyl sites for hydroxylation is 3. The molecule has 0 saturated heterocycles. The van der Waals surface area contributed by atoms with Gasteiger partial charge in [-0.3, -0.25) is 9.78 Å². The Labute approximate surface area is 121 Å². The molecule has 1 aliphatic carbocycles. The predicted molar refractivity (Wildman–Crippen MR) is 78.7 cm³/mol. The van der Waals surface area contributed by atoms with Gasteiger partial charge >= 0.3 is 0 Å². The average Bonchev–Trinajstić information content (AvgIpc) is 2.52. The van der Waals surface area contributed by atoms with E-state index in [0.717, 1.165) is 39.6 Å². The molecule has 0 saturated carbocycles. The van der Waals surface area contributed by atoms with Crippen molar-refractivity contribution < 1.29 is 4.79 Å². The van der Waals surface area contributed by atoms with Crippen LogP contribution in [0.15, 0.2) is 28.9 Å². The molecule has 0 spiro atoms. The highest BCUT2D eigenvalue weighted by atomic mass is 79.9. The molecule has 1 aromatic heterocycles. The third-order valence-electron chi connectivity index (χ3n) is 3.64. The zero-order valence-corrected chi connectivity index (χ0v) is 12.5. The lowest BCUT2D eigenvalue weighted by Gasteiger charge is -2.09. The van der Waals surface area contributed by atoms with Gasteiger partial charge in [0.1, 0.15) is 5.69 Å². The number of aromatic nitrogens is 1. The third-order valence-corrected chi connectivity index (χ3v) is 4.75. The lowest BCUT2D eigenvalue weighted by Crippen LogP contribution is -2.07. The summed E-state index contributed by atoms with van der Waals surface area (Å²) >= 11 is 3.61. The largest absolute Gasteiger partial charge is 0.287 e. The number of hydrogen-bond donors (Lipinski definition) is 0. The number of halogens is 1. The van der Waals surface area contributed by atoms with Gasteiger partial charge in [-0.15, -0.1) is 0 Å². The Morgan fingerprint density at radius 2 is 2.00 bits per heavy atom. The van der Waals surface area contributed by atoms with Crippen molar-refractivity contribution in [1.82, 2.24) is 4.98 Å². The molecule has 0 radical (unpaired) electrons. The minimum Gasteiger partial charge on any atom is -0.287 e. The van der Waals surface area contributed by atoms with Crippen LogP contribution in [0.4, 0.5) is 0 Å². The number of hydrogen-bond acceptors (Lipinski definition) is 2. The van der Waals surface area contributed by atoms with Crippen molar-refractivity contribution in [1.29, 1.82) is 0 Å². The van der Waals surface area contributed by atoms with Crippen LogP contribution in [0.5, 0.6) is 0 Å². The number of carbonyl (C=O) groups is 1. The number of nitrogens with zero attached hydrogens (tertiary/aromatic N) is 1. The Morgan fingerprint density at radius 1 is 1.21 bits per heavy atom. The van der Waals surface area contributed by atoms with E-state index in [2.05, 4.69) is 33.9 Å². The van der Waals surface area contributed by atoms with Gasteiger partial charge in [0.05, 0.1) is 0 Å². The highest BCUT2D eigenvalue weighted by Crippen LogP contribution is 2.31. The molecule has 2 nitrogen and oxygen atoms in total. The van der Waals surface area contributed by atoms with Gasteiger partial charge in [0.25, 0.3) is 0 Å². The highest BCUT2D eigenvalue weighted by Gasteiger charge is 2.24. The summed E-state index contributed by atoms with van der Waals surface area (Å²) in [4.78, 5) is 17.0. The van der Waals surface area contributed by atoms with Gasteiger partial charge in [-0.05, 0) is 48.9 Å². The second-order valence-electron chi connectivity index (χ2n) is 5.07. The Bertz CT molecular complexity index is 691. The van der Waals surface area contributed by atoms with Crippen LogP contribution in [0.3, 0.4) is 0 Å². The molecule has 3 heteroatoms. The van der Waals surface area contributed by atoms with E-state index in [1.54, 1.807) is 6.20 Å². The van der Waals surface area contributed by atoms with Crippen LogP contribution < -0.4 is 0 Å². The van der Waals surface area contributed by atoms with Crippen LogP contribution >= 0.6 is 15.9 Å². The van der Waals surface area contributed by atoms with E-state index < -0.39 is 0 Å². The van der Waals surface area contributed by atoms with E-state index in [9.17, 15) is 4.79 Å². The molecule has 19 heavy (non-hydrogen) atoms. The summed E-state index contributed by atoms with van der Waals surface area (Å²) in [5, 5.41) is 0. The molecule has 0 unspecified atom stereocenters. The fraction of sp³-hybridized carbons (Fsp3) is 0.250.